The minimum Gasteiger partial charge on any atom is -0.394 e. The van der Waals surface area contributed by atoms with Crippen molar-refractivity contribution in [2.45, 2.75) is 285 Å². The van der Waals surface area contributed by atoms with Gasteiger partial charge in [0.1, 0.15) is 73.2 Å². The molecule has 0 bridgehead atoms. The van der Waals surface area contributed by atoms with Crippen LogP contribution in [-0.2, 0) is 33.2 Å². The molecule has 418 valence electrons. The summed E-state index contributed by atoms with van der Waals surface area (Å²) in [6, 6.07) is -0.885. The normalized spacial score (nSPS) is 32.3. The number of carbonyl (C=O) groups is 1. The fourth-order valence-corrected chi connectivity index (χ4v) is 9.48. The van der Waals surface area contributed by atoms with E-state index in [1.807, 2.05) is 0 Å². The van der Waals surface area contributed by atoms with Crippen LogP contribution in [0.1, 0.15) is 181 Å². The first kappa shape index (κ1) is 63.8. The van der Waals surface area contributed by atoms with Gasteiger partial charge in [-0.25, -0.2) is 0 Å². The molecule has 3 saturated heterocycles. The lowest BCUT2D eigenvalue weighted by molar-refractivity contribution is -0.379. The molecule has 71 heavy (non-hydrogen) atoms. The number of ether oxygens (including phenoxy) is 6. The van der Waals surface area contributed by atoms with E-state index in [4.69, 9.17) is 28.4 Å². The molecule has 0 aromatic rings. The summed E-state index contributed by atoms with van der Waals surface area (Å²) in [5, 5.41) is 120. The van der Waals surface area contributed by atoms with Crippen LogP contribution in [0.3, 0.4) is 0 Å². The monoisotopic (exact) mass is 1020 g/mol. The molecular formula is C52H97NO18. The van der Waals surface area contributed by atoms with Gasteiger partial charge in [0.05, 0.1) is 38.6 Å². The highest BCUT2D eigenvalue weighted by Gasteiger charge is 2.53. The average molecular weight is 1020 g/mol. The molecule has 19 heteroatoms. The Bertz CT molecular complexity index is 1360. The van der Waals surface area contributed by atoms with E-state index in [1.165, 1.54) is 83.5 Å². The molecule has 3 aliphatic heterocycles. The van der Waals surface area contributed by atoms with Crippen molar-refractivity contribution in [3.8, 4) is 0 Å². The number of aliphatic hydroxyl groups is 11. The molecule has 3 rings (SSSR count). The summed E-state index contributed by atoms with van der Waals surface area (Å²) in [5.74, 6) is -0.253. The first-order chi connectivity index (χ1) is 34.3. The zero-order valence-electron chi connectivity index (χ0n) is 43.0. The predicted octanol–water partition coefficient (Wildman–Crippen LogP) is 3.04. The fourth-order valence-electron chi connectivity index (χ4n) is 9.48. The van der Waals surface area contributed by atoms with Gasteiger partial charge < -0.3 is 89.9 Å². The lowest BCUT2D eigenvalue weighted by Crippen LogP contribution is -2.66. The van der Waals surface area contributed by atoms with Gasteiger partial charge in [0, 0.05) is 6.42 Å². The molecular weight excluding hydrogens is 927 g/mol. The molecule has 3 fully saturated rings. The molecule has 12 N–H and O–H groups in total. The maximum Gasteiger partial charge on any atom is 0.220 e. The summed E-state index contributed by atoms with van der Waals surface area (Å²) in [5.41, 5.74) is 0. The second-order valence-electron chi connectivity index (χ2n) is 20.0. The molecule has 3 heterocycles. The molecule has 19 nitrogen and oxygen atoms in total. The van der Waals surface area contributed by atoms with Crippen molar-refractivity contribution in [2.75, 3.05) is 26.4 Å². The Morgan fingerprint density at radius 1 is 0.493 bits per heavy atom. The predicted molar refractivity (Wildman–Crippen MR) is 263 cm³/mol. The number of hydrogen-bond acceptors (Lipinski definition) is 18. The second-order valence-corrected chi connectivity index (χ2v) is 20.0. The summed E-state index contributed by atoms with van der Waals surface area (Å²) in [6.45, 7) is 1.74. The molecule has 3 aliphatic rings. The maximum absolute atomic E-state index is 13.3. The first-order valence-corrected chi connectivity index (χ1v) is 27.4. The van der Waals surface area contributed by atoms with Gasteiger partial charge in [-0.15, -0.1) is 0 Å². The van der Waals surface area contributed by atoms with Gasteiger partial charge in [-0.3, -0.25) is 4.79 Å². The van der Waals surface area contributed by atoms with E-state index in [9.17, 15) is 61.0 Å². The summed E-state index contributed by atoms with van der Waals surface area (Å²) in [6.07, 6.45) is 5.99. The van der Waals surface area contributed by atoms with Crippen LogP contribution in [0, 0.1) is 0 Å². The lowest BCUT2D eigenvalue weighted by Gasteiger charge is -2.48. The van der Waals surface area contributed by atoms with Gasteiger partial charge in [-0.05, 0) is 38.5 Å². The van der Waals surface area contributed by atoms with Crippen molar-refractivity contribution in [1.82, 2.24) is 5.32 Å². The standard InChI is InChI=1S/C52H97NO18/c1-3-5-7-9-11-13-15-16-17-18-20-22-24-26-28-30-40(58)53-35(36(57)29-27-25-23-21-19-14-12-10-8-6-4-2)34-66-50-46(64)43(61)48(38(32-55)68-50)71-52-47(65)44(62)49(39(33-56)69-52)70-51-45(63)42(60)41(59)37(31-54)67-51/h16-17,35-39,41-52,54-57,59-65H,3-15,18-34H2,1-2H3,(H,53,58)/b17-16-. The average Bonchev–Trinajstić information content (AvgIpc) is 3.36. The van der Waals surface area contributed by atoms with Crippen LogP contribution >= 0.6 is 0 Å². The number of nitrogens with one attached hydrogen (secondary N) is 1. The Labute approximate surface area is 423 Å². The Hall–Kier alpha value is -1.47. The Kier molecular flexibility index (Phi) is 33.5. The van der Waals surface area contributed by atoms with Crippen LogP contribution in [0.25, 0.3) is 0 Å². The zero-order chi connectivity index (χ0) is 52.0. The Morgan fingerprint density at radius 3 is 1.37 bits per heavy atom. The van der Waals surface area contributed by atoms with Crippen LogP contribution < -0.4 is 5.32 Å². The number of rotatable bonds is 39. The molecule has 17 atom stereocenters. The van der Waals surface area contributed by atoms with Crippen molar-refractivity contribution in [1.29, 1.82) is 0 Å². The topological polar surface area (TPSA) is 307 Å². The third-order valence-corrected chi connectivity index (χ3v) is 14.1. The van der Waals surface area contributed by atoms with E-state index in [2.05, 4.69) is 31.3 Å². The van der Waals surface area contributed by atoms with Crippen LogP contribution in [0.5, 0.6) is 0 Å². The second kappa shape index (κ2) is 37.3. The SMILES string of the molecule is CCCCCCCC/C=C\CCCCCCCC(=O)NC(COC1OC(CO)C(OC2OC(CO)C(OC3OC(CO)C(O)C(O)C3O)C(O)C2O)C(O)C1O)C(O)CCCCCCCCCCCCC. The number of aliphatic hydroxyl groups excluding tert-OH is 11. The van der Waals surface area contributed by atoms with Crippen LogP contribution in [0.4, 0.5) is 0 Å². The van der Waals surface area contributed by atoms with Crippen LogP contribution in [0.2, 0.25) is 0 Å². The highest BCUT2D eigenvalue weighted by Crippen LogP contribution is 2.33. The van der Waals surface area contributed by atoms with Crippen LogP contribution in [-0.4, -0.2) is 193 Å². The summed E-state index contributed by atoms with van der Waals surface area (Å²) >= 11 is 0. The number of amides is 1. The van der Waals surface area contributed by atoms with Gasteiger partial charge in [0.25, 0.3) is 0 Å². The largest absolute Gasteiger partial charge is 0.394 e. The first-order valence-electron chi connectivity index (χ1n) is 27.4. The Balaban J connectivity index is 1.53. The van der Waals surface area contributed by atoms with E-state index in [0.29, 0.717) is 12.8 Å². The van der Waals surface area contributed by atoms with Gasteiger partial charge in [0.15, 0.2) is 18.9 Å². The smallest absolute Gasteiger partial charge is 0.220 e. The molecule has 0 spiro atoms. The minimum absolute atomic E-state index is 0.253. The van der Waals surface area contributed by atoms with Gasteiger partial charge in [0.2, 0.25) is 5.91 Å². The van der Waals surface area contributed by atoms with Crippen molar-refractivity contribution < 1.29 is 89.4 Å². The van der Waals surface area contributed by atoms with E-state index in [-0.39, 0.29) is 18.9 Å². The van der Waals surface area contributed by atoms with Crippen molar-refractivity contribution in [3.05, 3.63) is 12.2 Å². The zero-order valence-corrected chi connectivity index (χ0v) is 43.0. The molecule has 17 unspecified atom stereocenters. The van der Waals surface area contributed by atoms with Crippen molar-refractivity contribution >= 4 is 5.91 Å². The molecule has 0 aliphatic carbocycles. The van der Waals surface area contributed by atoms with E-state index in [0.717, 1.165) is 64.2 Å². The van der Waals surface area contributed by atoms with E-state index in [1.54, 1.807) is 0 Å². The summed E-state index contributed by atoms with van der Waals surface area (Å²) < 4.78 is 34.2. The highest BCUT2D eigenvalue weighted by atomic mass is 16.8. The van der Waals surface area contributed by atoms with Crippen LogP contribution in [0.15, 0.2) is 12.2 Å². The van der Waals surface area contributed by atoms with Gasteiger partial charge >= 0.3 is 0 Å². The van der Waals surface area contributed by atoms with E-state index < -0.39 is 124 Å². The number of carbonyl (C=O) groups excluding carboxylic acids is 1. The lowest BCUT2D eigenvalue weighted by atomic mass is 9.96. The van der Waals surface area contributed by atoms with E-state index >= 15 is 0 Å². The van der Waals surface area contributed by atoms with Gasteiger partial charge in [-0.2, -0.15) is 0 Å². The third kappa shape index (κ3) is 22.7. The number of allylic oxidation sites excluding steroid dienone is 2. The summed E-state index contributed by atoms with van der Waals surface area (Å²) in [7, 11) is 0. The van der Waals surface area contributed by atoms with Crippen molar-refractivity contribution in [3.63, 3.8) is 0 Å². The maximum atomic E-state index is 13.3. The minimum atomic E-state index is -1.97. The molecule has 0 saturated carbocycles. The summed E-state index contributed by atoms with van der Waals surface area (Å²) in [4.78, 5) is 13.3. The van der Waals surface area contributed by atoms with Gasteiger partial charge in [-0.1, -0.05) is 148 Å². The fraction of sp³-hybridized carbons (Fsp3) is 0.942. The molecule has 0 aromatic heterocycles. The third-order valence-electron chi connectivity index (χ3n) is 14.1. The molecule has 1 amide bonds. The molecule has 0 radical (unpaired) electrons. The Morgan fingerprint density at radius 2 is 0.887 bits per heavy atom. The number of hydrogen-bond donors (Lipinski definition) is 12. The number of unbranched alkanes of at least 4 members (excludes halogenated alkanes) is 21. The molecule has 0 aromatic carbocycles. The highest BCUT2D eigenvalue weighted by molar-refractivity contribution is 5.76. The van der Waals surface area contributed by atoms with Crippen molar-refractivity contribution in [2.24, 2.45) is 0 Å². The quantitative estimate of drug-likeness (QED) is 0.0311.